The van der Waals surface area contributed by atoms with Gasteiger partial charge in [-0.1, -0.05) is 47.7 Å². The minimum Gasteiger partial charge on any atom is -0.504 e. The van der Waals surface area contributed by atoms with Gasteiger partial charge in [-0.15, -0.1) is 0 Å². The SMILES string of the molecule is CCN(CC)C(=O)C1=C(C)N=c2s/c(=C/c3ccc(OC)c(O)c3)c(=O)n2[C@@H]1c1c(OC)ccc2ccccc12. The molecule has 4 aromatic rings. The second-order valence-corrected chi connectivity index (χ2v) is 10.4. The molecule has 8 nitrogen and oxygen atoms in total. The number of hydrogen-bond donors (Lipinski definition) is 1. The molecular weight excluding hydrogens is 526 g/mol. The molecule has 1 aliphatic heterocycles. The molecule has 1 aliphatic rings. The second kappa shape index (κ2) is 11.0. The quantitative estimate of drug-likeness (QED) is 0.371. The fourth-order valence-electron chi connectivity index (χ4n) is 5.23. The Morgan fingerprint density at radius 3 is 2.45 bits per heavy atom. The van der Waals surface area contributed by atoms with Crippen molar-refractivity contribution in [2.75, 3.05) is 27.3 Å². The molecule has 0 unspecified atom stereocenters. The van der Waals surface area contributed by atoms with E-state index in [-0.39, 0.29) is 17.2 Å². The minimum absolute atomic E-state index is 0.0228. The highest BCUT2D eigenvalue weighted by molar-refractivity contribution is 7.07. The van der Waals surface area contributed by atoms with Crippen molar-refractivity contribution in [3.8, 4) is 17.2 Å². The van der Waals surface area contributed by atoms with Gasteiger partial charge in [-0.3, -0.25) is 14.2 Å². The van der Waals surface area contributed by atoms with Crippen molar-refractivity contribution < 1.29 is 19.4 Å². The zero-order chi connectivity index (χ0) is 28.6. The summed E-state index contributed by atoms with van der Waals surface area (Å²) in [5.41, 5.74) is 2.10. The Bertz CT molecular complexity index is 1830. The number of phenols is 1. The number of rotatable bonds is 7. The molecule has 1 N–H and O–H groups in total. The maximum Gasteiger partial charge on any atom is 0.271 e. The van der Waals surface area contributed by atoms with E-state index in [1.54, 1.807) is 40.9 Å². The van der Waals surface area contributed by atoms with Crippen LogP contribution in [0.25, 0.3) is 16.8 Å². The first kappa shape index (κ1) is 27.2. The van der Waals surface area contributed by atoms with Crippen LogP contribution in [0.3, 0.4) is 0 Å². The lowest BCUT2D eigenvalue weighted by atomic mass is 9.90. The van der Waals surface area contributed by atoms with E-state index in [2.05, 4.69) is 0 Å². The standard InChI is InChI=1S/C31H31N3O5S/c1-6-33(7-2)30(37)26-18(3)32-31-34(28(26)27-21-11-9-8-10-20(21)13-15-24(27)39-5)29(36)25(40-31)17-19-12-14-23(38-4)22(35)16-19/h8-17,28,35H,6-7H2,1-5H3/b25-17+/t28-/m0/s1. The zero-order valence-corrected chi connectivity index (χ0v) is 23.9. The van der Waals surface area contributed by atoms with Crippen LogP contribution in [-0.4, -0.2) is 47.8 Å². The summed E-state index contributed by atoms with van der Waals surface area (Å²) in [6.07, 6.45) is 1.71. The van der Waals surface area contributed by atoms with Crippen LogP contribution in [-0.2, 0) is 4.79 Å². The number of allylic oxidation sites excluding steroid dienone is 1. The molecule has 9 heteroatoms. The molecule has 1 aromatic heterocycles. The van der Waals surface area contributed by atoms with Gasteiger partial charge in [0.05, 0.1) is 30.0 Å². The molecule has 5 rings (SSSR count). The predicted molar refractivity (Wildman–Crippen MR) is 157 cm³/mol. The van der Waals surface area contributed by atoms with Gasteiger partial charge >= 0.3 is 0 Å². The van der Waals surface area contributed by atoms with E-state index in [1.807, 2.05) is 57.2 Å². The van der Waals surface area contributed by atoms with Crippen molar-refractivity contribution in [1.82, 2.24) is 9.47 Å². The number of thiazole rings is 1. The lowest BCUT2D eigenvalue weighted by Crippen LogP contribution is -2.43. The lowest BCUT2D eigenvalue weighted by Gasteiger charge is -2.30. The molecule has 0 aliphatic carbocycles. The van der Waals surface area contributed by atoms with Gasteiger partial charge in [-0.2, -0.15) is 0 Å². The first-order valence-corrected chi connectivity index (χ1v) is 13.9. The fourth-order valence-corrected chi connectivity index (χ4v) is 6.28. The van der Waals surface area contributed by atoms with Crippen LogP contribution in [0, 0.1) is 0 Å². The number of nitrogens with zero attached hydrogens (tertiary/aromatic N) is 3. The Labute approximate surface area is 235 Å². The number of aromatic hydroxyl groups is 1. The van der Waals surface area contributed by atoms with Crippen LogP contribution in [0.4, 0.5) is 0 Å². The molecule has 1 amide bonds. The van der Waals surface area contributed by atoms with Crippen LogP contribution in [0.5, 0.6) is 17.2 Å². The second-order valence-electron chi connectivity index (χ2n) is 9.39. The highest BCUT2D eigenvalue weighted by Crippen LogP contribution is 2.40. The van der Waals surface area contributed by atoms with E-state index in [0.29, 0.717) is 50.8 Å². The number of amides is 1. The van der Waals surface area contributed by atoms with Crippen LogP contribution >= 0.6 is 11.3 Å². The molecule has 2 heterocycles. The highest BCUT2D eigenvalue weighted by atomic mass is 32.1. The van der Waals surface area contributed by atoms with Crippen molar-refractivity contribution in [2.45, 2.75) is 26.8 Å². The number of likely N-dealkylation sites (N-methyl/N-ethyl adjacent to an activating group) is 1. The predicted octanol–water partition coefficient (Wildman–Crippen LogP) is 3.98. The minimum atomic E-state index is -0.753. The number of fused-ring (bicyclic) bond motifs is 2. The zero-order valence-electron chi connectivity index (χ0n) is 23.1. The maximum absolute atomic E-state index is 14.1. The summed E-state index contributed by atoms with van der Waals surface area (Å²) >= 11 is 1.24. The van der Waals surface area contributed by atoms with Gasteiger partial charge in [0.1, 0.15) is 11.8 Å². The number of ether oxygens (including phenoxy) is 2. The summed E-state index contributed by atoms with van der Waals surface area (Å²) in [4.78, 5) is 35.1. The van der Waals surface area contributed by atoms with Gasteiger partial charge in [0.25, 0.3) is 11.5 Å². The summed E-state index contributed by atoms with van der Waals surface area (Å²) in [6.45, 7) is 6.74. The summed E-state index contributed by atoms with van der Waals surface area (Å²) in [6, 6.07) is 15.9. The number of hydrogen-bond acceptors (Lipinski definition) is 7. The monoisotopic (exact) mass is 557 g/mol. The van der Waals surface area contributed by atoms with Crippen LogP contribution < -0.4 is 24.4 Å². The van der Waals surface area contributed by atoms with Gasteiger partial charge in [-0.05, 0) is 61.4 Å². The normalized spacial score (nSPS) is 15.1. The number of aromatic nitrogens is 1. The maximum atomic E-state index is 14.1. The summed E-state index contributed by atoms with van der Waals surface area (Å²) in [5, 5.41) is 12.1. The molecule has 206 valence electrons. The van der Waals surface area contributed by atoms with Gasteiger partial charge in [0.15, 0.2) is 16.3 Å². The first-order valence-electron chi connectivity index (χ1n) is 13.1. The average Bonchev–Trinajstić information content (AvgIpc) is 3.26. The molecule has 0 bridgehead atoms. The van der Waals surface area contributed by atoms with Crippen molar-refractivity contribution in [1.29, 1.82) is 0 Å². The molecule has 0 saturated heterocycles. The Kier molecular flexibility index (Phi) is 7.49. The molecule has 0 saturated carbocycles. The topological polar surface area (TPSA) is 93.4 Å². The van der Waals surface area contributed by atoms with Gasteiger partial charge in [0.2, 0.25) is 0 Å². The number of carbonyl (C=O) groups is 1. The fraction of sp³-hybridized carbons (Fsp3) is 0.258. The van der Waals surface area contributed by atoms with E-state index >= 15 is 0 Å². The van der Waals surface area contributed by atoms with Gasteiger partial charge < -0.3 is 19.5 Å². The van der Waals surface area contributed by atoms with E-state index in [0.717, 1.165) is 16.3 Å². The molecule has 0 fully saturated rings. The van der Waals surface area contributed by atoms with E-state index in [4.69, 9.17) is 14.5 Å². The van der Waals surface area contributed by atoms with E-state index in [9.17, 15) is 14.7 Å². The van der Waals surface area contributed by atoms with Crippen molar-refractivity contribution in [3.05, 3.63) is 96.7 Å². The van der Waals surface area contributed by atoms with Crippen LogP contribution in [0.15, 0.2) is 75.7 Å². The lowest BCUT2D eigenvalue weighted by molar-refractivity contribution is -0.127. The smallest absolute Gasteiger partial charge is 0.271 e. The largest absolute Gasteiger partial charge is 0.504 e. The van der Waals surface area contributed by atoms with Crippen molar-refractivity contribution >= 4 is 34.1 Å². The molecule has 40 heavy (non-hydrogen) atoms. The highest BCUT2D eigenvalue weighted by Gasteiger charge is 2.36. The third-order valence-corrected chi connectivity index (χ3v) is 8.21. The molecule has 0 spiro atoms. The van der Waals surface area contributed by atoms with Crippen LogP contribution in [0.1, 0.15) is 37.9 Å². The van der Waals surface area contributed by atoms with Crippen molar-refractivity contribution in [2.24, 2.45) is 4.99 Å². The number of methoxy groups -OCH3 is 2. The van der Waals surface area contributed by atoms with E-state index in [1.165, 1.54) is 18.4 Å². The van der Waals surface area contributed by atoms with Crippen molar-refractivity contribution in [3.63, 3.8) is 0 Å². The summed E-state index contributed by atoms with van der Waals surface area (Å²) in [7, 11) is 3.07. The molecular formula is C31H31N3O5S. The first-order chi connectivity index (χ1) is 19.3. The number of carbonyl (C=O) groups excluding carboxylic acids is 1. The molecule has 1 atom stereocenters. The van der Waals surface area contributed by atoms with E-state index < -0.39 is 6.04 Å². The summed E-state index contributed by atoms with van der Waals surface area (Å²) in [5.74, 6) is 0.737. The Morgan fingerprint density at radius 2 is 1.77 bits per heavy atom. The molecule has 0 radical (unpaired) electrons. The Hall–Kier alpha value is -4.37. The third-order valence-electron chi connectivity index (χ3n) is 7.23. The average molecular weight is 558 g/mol. The molecule has 3 aromatic carbocycles. The Balaban J connectivity index is 1.83. The Morgan fingerprint density at radius 1 is 1.07 bits per heavy atom. The van der Waals surface area contributed by atoms with Gasteiger partial charge in [-0.25, -0.2) is 4.99 Å². The summed E-state index contributed by atoms with van der Waals surface area (Å²) < 4.78 is 13.0. The number of benzene rings is 3. The van der Waals surface area contributed by atoms with Crippen LogP contribution in [0.2, 0.25) is 0 Å². The third kappa shape index (κ3) is 4.56. The van der Waals surface area contributed by atoms with Gasteiger partial charge in [0, 0.05) is 18.7 Å². The number of phenolic OH excluding ortho intramolecular Hbond substituents is 1.